The average molecular weight is 381 g/mol. The highest BCUT2D eigenvalue weighted by molar-refractivity contribution is 8.26. The second-order valence-corrected chi connectivity index (χ2v) is 6.96. The van der Waals surface area contributed by atoms with Crippen LogP contribution in [0.1, 0.15) is 18.9 Å². The van der Waals surface area contributed by atoms with Crippen LogP contribution in [0.2, 0.25) is 0 Å². The fourth-order valence-electron chi connectivity index (χ4n) is 2.26. The smallest absolute Gasteiger partial charge is 0.376 e. The van der Waals surface area contributed by atoms with Crippen molar-refractivity contribution in [3.05, 3.63) is 40.3 Å². The number of carbonyl (C=O) groups is 2. The molecular weight excluding hydrogens is 362 g/mol. The molecule has 25 heavy (non-hydrogen) atoms. The van der Waals surface area contributed by atoms with Gasteiger partial charge in [-0.2, -0.15) is 0 Å². The third kappa shape index (κ3) is 5.04. The molecule has 0 radical (unpaired) electrons. The van der Waals surface area contributed by atoms with Crippen molar-refractivity contribution in [3.63, 3.8) is 0 Å². The van der Waals surface area contributed by atoms with Gasteiger partial charge >= 0.3 is 5.97 Å². The number of hydrogen-bond acceptors (Lipinski definition) is 7. The van der Waals surface area contributed by atoms with Crippen molar-refractivity contribution in [2.45, 2.75) is 26.1 Å². The molecule has 0 spiro atoms. The second-order valence-electron chi connectivity index (χ2n) is 5.27. The van der Waals surface area contributed by atoms with Gasteiger partial charge in [0.15, 0.2) is 0 Å². The zero-order chi connectivity index (χ0) is 18.4. The number of aryl methyl sites for hydroxylation is 1. The molecule has 1 atom stereocenters. The Kier molecular flexibility index (Phi) is 6.98. The van der Waals surface area contributed by atoms with E-state index in [0.717, 1.165) is 11.1 Å². The van der Waals surface area contributed by atoms with Crippen molar-refractivity contribution in [1.82, 2.24) is 5.32 Å². The highest BCUT2D eigenvalue weighted by Gasteiger charge is 2.25. The normalized spacial score (nSPS) is 17.1. The van der Waals surface area contributed by atoms with Crippen LogP contribution in [0.4, 0.5) is 0 Å². The Balaban J connectivity index is 2.10. The first-order chi connectivity index (χ1) is 12.0. The Morgan fingerprint density at radius 1 is 1.32 bits per heavy atom. The number of allylic oxidation sites excluding steroid dienone is 1. The molecule has 0 saturated carbocycles. The van der Waals surface area contributed by atoms with Gasteiger partial charge in [-0.25, -0.2) is 4.79 Å². The minimum atomic E-state index is -1.13. The molecule has 8 heteroatoms. The Morgan fingerprint density at radius 3 is 2.64 bits per heavy atom. The molecule has 0 bridgehead atoms. The molecule has 1 heterocycles. The topological polar surface area (TPSA) is 73.9 Å². The van der Waals surface area contributed by atoms with Gasteiger partial charge in [0.05, 0.1) is 12.0 Å². The average Bonchev–Trinajstić information content (AvgIpc) is 2.96. The van der Waals surface area contributed by atoms with Crippen molar-refractivity contribution in [2.24, 2.45) is 0 Å². The Bertz CT molecular complexity index is 717. The first-order valence-corrected chi connectivity index (χ1v) is 8.76. The number of thiocarbonyl (C=S) groups is 1. The fraction of sp³-hybridized carbons (Fsp3) is 0.353. The summed E-state index contributed by atoms with van der Waals surface area (Å²) in [4.78, 5) is 24.1. The largest absolute Gasteiger partial charge is 0.464 e. The summed E-state index contributed by atoms with van der Waals surface area (Å²) in [6, 6.07) is 7.37. The Hall–Kier alpha value is -1.90. The monoisotopic (exact) mass is 381 g/mol. The number of ether oxygens (including phenoxy) is 3. The van der Waals surface area contributed by atoms with E-state index in [0.29, 0.717) is 27.8 Å². The zero-order valence-corrected chi connectivity index (χ0v) is 15.8. The number of esters is 1. The SMILES string of the molecule is COC(=O)C(OC)Oc1ccccc1CCC(C)=C1SC(=S)NC1=O. The standard InChI is InChI=1S/C17H19NO5S2/c1-10(13-14(19)18-17(24)25-13)8-9-11-6-4-5-7-12(11)23-16(22-3)15(20)21-2/h4-7,16H,8-9H2,1-3H3,(H,18,19,24). The molecule has 134 valence electrons. The lowest BCUT2D eigenvalue weighted by molar-refractivity contribution is -0.170. The van der Waals surface area contributed by atoms with E-state index in [9.17, 15) is 9.59 Å². The molecule has 1 N–H and O–H groups in total. The summed E-state index contributed by atoms with van der Waals surface area (Å²) in [6.07, 6.45) is 0.178. The van der Waals surface area contributed by atoms with Gasteiger partial charge < -0.3 is 19.5 Å². The van der Waals surface area contributed by atoms with Crippen LogP contribution in [0, 0.1) is 0 Å². The van der Waals surface area contributed by atoms with Crippen molar-refractivity contribution < 1.29 is 23.8 Å². The minimum Gasteiger partial charge on any atom is -0.464 e. The van der Waals surface area contributed by atoms with Crippen molar-refractivity contribution in [1.29, 1.82) is 0 Å². The summed E-state index contributed by atoms with van der Waals surface area (Å²) < 4.78 is 15.8. The maximum absolute atomic E-state index is 11.8. The molecular formula is C17H19NO5S2. The first kappa shape index (κ1) is 19.4. The minimum absolute atomic E-state index is 0.151. The molecule has 0 aliphatic carbocycles. The summed E-state index contributed by atoms with van der Waals surface area (Å²) >= 11 is 6.29. The lowest BCUT2D eigenvalue weighted by Gasteiger charge is -2.17. The van der Waals surface area contributed by atoms with Crippen LogP contribution < -0.4 is 10.1 Å². The van der Waals surface area contributed by atoms with E-state index in [4.69, 9.17) is 21.7 Å². The number of para-hydroxylation sites is 1. The molecule has 1 amide bonds. The number of methoxy groups -OCH3 is 2. The molecule has 0 aromatic heterocycles. The van der Waals surface area contributed by atoms with Gasteiger partial charge in [0.25, 0.3) is 12.2 Å². The number of hydrogen-bond donors (Lipinski definition) is 1. The summed E-state index contributed by atoms with van der Waals surface area (Å²) in [5, 5.41) is 2.61. The summed E-state index contributed by atoms with van der Waals surface area (Å²) in [5.74, 6) is -0.220. The first-order valence-electron chi connectivity index (χ1n) is 7.54. The highest BCUT2D eigenvalue weighted by Crippen LogP contribution is 2.30. The van der Waals surface area contributed by atoms with Crippen molar-refractivity contribution in [2.75, 3.05) is 14.2 Å². The molecule has 1 unspecified atom stereocenters. The predicted octanol–water partition coefficient (Wildman–Crippen LogP) is 2.57. The van der Waals surface area contributed by atoms with Gasteiger partial charge in [0.2, 0.25) is 0 Å². The van der Waals surface area contributed by atoms with Crippen LogP contribution in [0.3, 0.4) is 0 Å². The molecule has 1 aliphatic heterocycles. The molecule has 1 fully saturated rings. The number of rotatable bonds is 7. The van der Waals surface area contributed by atoms with E-state index in [1.54, 1.807) is 6.07 Å². The van der Waals surface area contributed by atoms with Crippen LogP contribution in [-0.2, 0) is 25.5 Å². The van der Waals surface area contributed by atoms with Crippen LogP contribution >= 0.6 is 24.0 Å². The third-order valence-electron chi connectivity index (χ3n) is 3.59. The van der Waals surface area contributed by atoms with Crippen LogP contribution in [0.5, 0.6) is 5.75 Å². The van der Waals surface area contributed by atoms with Gasteiger partial charge in [-0.15, -0.1) is 0 Å². The quantitative estimate of drug-likeness (QED) is 0.337. The molecule has 1 aromatic rings. The van der Waals surface area contributed by atoms with Gasteiger partial charge in [-0.3, -0.25) is 4.79 Å². The molecule has 6 nitrogen and oxygen atoms in total. The lowest BCUT2D eigenvalue weighted by atomic mass is 10.0. The number of carbonyl (C=O) groups excluding carboxylic acids is 2. The highest BCUT2D eigenvalue weighted by atomic mass is 32.2. The van der Waals surface area contributed by atoms with Crippen molar-refractivity contribution in [3.8, 4) is 5.75 Å². The van der Waals surface area contributed by atoms with Gasteiger partial charge in [-0.05, 0) is 31.4 Å². The third-order valence-corrected chi connectivity index (χ3v) is 4.97. The fourth-order valence-corrected chi connectivity index (χ4v) is 3.35. The maximum Gasteiger partial charge on any atom is 0.376 e. The molecule has 1 aromatic carbocycles. The zero-order valence-electron chi connectivity index (χ0n) is 14.2. The van der Waals surface area contributed by atoms with Crippen molar-refractivity contribution >= 4 is 40.2 Å². The van der Waals surface area contributed by atoms with Crippen LogP contribution in [0.15, 0.2) is 34.7 Å². The van der Waals surface area contributed by atoms with Gasteiger partial charge in [0, 0.05) is 7.11 Å². The number of amides is 1. The summed E-state index contributed by atoms with van der Waals surface area (Å²) in [7, 11) is 2.64. The Morgan fingerprint density at radius 2 is 2.04 bits per heavy atom. The van der Waals surface area contributed by atoms with E-state index in [2.05, 4.69) is 10.1 Å². The van der Waals surface area contributed by atoms with E-state index in [1.165, 1.54) is 26.0 Å². The number of nitrogens with one attached hydrogen (secondary N) is 1. The lowest BCUT2D eigenvalue weighted by Crippen LogP contribution is -2.30. The number of benzene rings is 1. The van der Waals surface area contributed by atoms with E-state index in [1.807, 2.05) is 25.1 Å². The summed E-state index contributed by atoms with van der Waals surface area (Å²) in [5.41, 5.74) is 1.85. The number of thioether (sulfide) groups is 1. The summed E-state index contributed by atoms with van der Waals surface area (Å²) in [6.45, 7) is 1.91. The van der Waals surface area contributed by atoms with E-state index >= 15 is 0 Å². The molecule has 1 aliphatic rings. The van der Waals surface area contributed by atoms with Gasteiger partial charge in [0.1, 0.15) is 10.1 Å². The second kappa shape index (κ2) is 8.98. The molecule has 2 rings (SSSR count). The molecule has 1 saturated heterocycles. The van der Waals surface area contributed by atoms with E-state index < -0.39 is 12.3 Å². The van der Waals surface area contributed by atoms with E-state index in [-0.39, 0.29) is 5.91 Å². The van der Waals surface area contributed by atoms with Gasteiger partial charge in [-0.1, -0.05) is 47.8 Å². The van der Waals surface area contributed by atoms with Crippen LogP contribution in [-0.4, -0.2) is 36.7 Å². The predicted molar refractivity (Wildman–Crippen MR) is 99.2 cm³/mol. The maximum atomic E-state index is 11.8. The van der Waals surface area contributed by atoms with Crippen LogP contribution in [0.25, 0.3) is 0 Å². The Labute approximate surface area is 155 Å².